The van der Waals surface area contributed by atoms with Crippen LogP contribution in [0.4, 0.5) is 0 Å². The molecule has 0 aliphatic heterocycles. The highest BCUT2D eigenvalue weighted by molar-refractivity contribution is 5.79. The Morgan fingerprint density at radius 2 is 1.40 bits per heavy atom. The van der Waals surface area contributed by atoms with Gasteiger partial charge in [-0.2, -0.15) is 0 Å². The average molecular weight is 136 g/mol. The summed E-state index contributed by atoms with van der Waals surface area (Å²) in [6, 6.07) is 0. The van der Waals surface area contributed by atoms with Crippen molar-refractivity contribution in [2.75, 3.05) is 0 Å². The van der Waals surface area contributed by atoms with Crippen molar-refractivity contribution in [3.8, 4) is 0 Å². The van der Waals surface area contributed by atoms with Gasteiger partial charge in [0, 0.05) is 0 Å². The highest BCUT2D eigenvalue weighted by atomic mass is 16.1. The van der Waals surface area contributed by atoms with E-state index < -0.39 is 0 Å². The van der Waals surface area contributed by atoms with E-state index in [1.54, 1.807) is 12.2 Å². The van der Waals surface area contributed by atoms with Gasteiger partial charge in [-0.15, -0.1) is 0 Å². The van der Waals surface area contributed by atoms with Gasteiger partial charge < -0.3 is 0 Å². The minimum Gasteiger partial charge on any atom is -0.298 e. The van der Waals surface area contributed by atoms with E-state index in [9.17, 15) is 9.59 Å². The predicted molar refractivity (Wildman–Crippen MR) is 37.5 cm³/mol. The molecule has 0 aromatic heterocycles. The van der Waals surface area contributed by atoms with E-state index in [1.165, 1.54) is 0 Å². The van der Waals surface area contributed by atoms with Gasteiger partial charge in [-0.05, 0) is 24.0 Å². The van der Waals surface area contributed by atoms with Crippen LogP contribution in [0.15, 0.2) is 23.3 Å². The molecule has 1 rings (SSSR count). The van der Waals surface area contributed by atoms with E-state index in [0.717, 1.165) is 23.7 Å². The largest absolute Gasteiger partial charge is 0.298 e. The smallest absolute Gasteiger partial charge is 0.146 e. The van der Waals surface area contributed by atoms with Crippen molar-refractivity contribution >= 4 is 12.6 Å². The van der Waals surface area contributed by atoms with Crippen LogP contribution in [0.5, 0.6) is 0 Å². The molecule has 0 saturated carbocycles. The molecule has 0 saturated heterocycles. The standard InChI is InChI=1S/C8H8O2/c9-5-7-1-2-8(6-10)4-3-7/h1-2,5-6H,3-4H2. The summed E-state index contributed by atoms with van der Waals surface area (Å²) in [5.74, 6) is 0. The molecule has 0 aromatic carbocycles. The monoisotopic (exact) mass is 136 g/mol. The van der Waals surface area contributed by atoms with Gasteiger partial charge in [0.05, 0.1) is 0 Å². The average Bonchev–Trinajstić information content (AvgIpc) is 2.05. The van der Waals surface area contributed by atoms with Crippen LogP contribution in [0.1, 0.15) is 12.8 Å². The molecule has 0 aromatic rings. The van der Waals surface area contributed by atoms with E-state index in [2.05, 4.69) is 0 Å². The van der Waals surface area contributed by atoms with E-state index in [1.807, 2.05) is 0 Å². The normalized spacial score (nSPS) is 17.2. The van der Waals surface area contributed by atoms with Gasteiger partial charge in [0.15, 0.2) is 0 Å². The number of carbonyl (C=O) groups excluding carboxylic acids is 2. The SMILES string of the molecule is O=CC1=CC=C(C=O)CC1. The van der Waals surface area contributed by atoms with Gasteiger partial charge in [0.1, 0.15) is 12.6 Å². The minimum atomic E-state index is 0.702. The molecule has 0 fully saturated rings. The molecule has 0 bridgehead atoms. The van der Waals surface area contributed by atoms with Crippen molar-refractivity contribution in [2.24, 2.45) is 0 Å². The molecule has 0 heterocycles. The van der Waals surface area contributed by atoms with Crippen LogP contribution in [0.2, 0.25) is 0 Å². The second kappa shape index (κ2) is 3.11. The van der Waals surface area contributed by atoms with Crippen molar-refractivity contribution in [3.63, 3.8) is 0 Å². The van der Waals surface area contributed by atoms with Gasteiger partial charge in [0.25, 0.3) is 0 Å². The third-order valence-electron chi connectivity index (χ3n) is 1.52. The number of hydrogen-bond acceptors (Lipinski definition) is 2. The van der Waals surface area contributed by atoms with Crippen LogP contribution in [-0.2, 0) is 9.59 Å². The zero-order valence-electron chi connectivity index (χ0n) is 5.54. The quantitative estimate of drug-likeness (QED) is 0.531. The van der Waals surface area contributed by atoms with Gasteiger partial charge in [0.2, 0.25) is 0 Å². The first-order valence-electron chi connectivity index (χ1n) is 3.17. The molecule has 0 radical (unpaired) electrons. The molecule has 0 N–H and O–H groups in total. The fourth-order valence-corrected chi connectivity index (χ4v) is 0.866. The highest BCUT2D eigenvalue weighted by Crippen LogP contribution is 2.14. The molecule has 10 heavy (non-hydrogen) atoms. The Hall–Kier alpha value is -1.18. The summed E-state index contributed by atoms with van der Waals surface area (Å²) in [5, 5.41) is 0. The summed E-state index contributed by atoms with van der Waals surface area (Å²) >= 11 is 0. The molecule has 0 amide bonds. The number of allylic oxidation sites excluding steroid dienone is 4. The highest BCUT2D eigenvalue weighted by Gasteiger charge is 2.03. The van der Waals surface area contributed by atoms with Gasteiger partial charge in [-0.3, -0.25) is 9.59 Å². The van der Waals surface area contributed by atoms with Crippen LogP contribution in [-0.4, -0.2) is 12.6 Å². The second-order valence-corrected chi connectivity index (χ2v) is 2.22. The first-order valence-corrected chi connectivity index (χ1v) is 3.17. The molecule has 2 heteroatoms. The number of carbonyl (C=O) groups is 2. The Bertz CT molecular complexity index is 187. The number of rotatable bonds is 2. The maximum Gasteiger partial charge on any atom is 0.146 e. The Labute approximate surface area is 59.2 Å². The van der Waals surface area contributed by atoms with Crippen LogP contribution in [0.25, 0.3) is 0 Å². The summed E-state index contributed by atoms with van der Waals surface area (Å²) in [5.41, 5.74) is 1.54. The number of aldehydes is 2. The summed E-state index contributed by atoms with van der Waals surface area (Å²) in [6.45, 7) is 0. The predicted octanol–water partition coefficient (Wildman–Crippen LogP) is 1.03. The lowest BCUT2D eigenvalue weighted by atomic mass is 10.0. The Kier molecular flexibility index (Phi) is 2.15. The molecule has 0 unspecified atom stereocenters. The maximum absolute atomic E-state index is 10.2. The van der Waals surface area contributed by atoms with Gasteiger partial charge in [-0.25, -0.2) is 0 Å². The fourth-order valence-electron chi connectivity index (χ4n) is 0.866. The van der Waals surface area contributed by atoms with E-state index in [0.29, 0.717) is 12.8 Å². The lowest BCUT2D eigenvalue weighted by Gasteiger charge is -2.03. The maximum atomic E-state index is 10.2. The fraction of sp³-hybridized carbons (Fsp3) is 0.250. The van der Waals surface area contributed by atoms with E-state index in [4.69, 9.17) is 0 Å². The summed E-state index contributed by atoms with van der Waals surface area (Å²) in [6.07, 6.45) is 6.46. The zero-order chi connectivity index (χ0) is 7.40. The number of hydrogen-bond donors (Lipinski definition) is 0. The van der Waals surface area contributed by atoms with E-state index >= 15 is 0 Å². The van der Waals surface area contributed by atoms with Crippen molar-refractivity contribution in [2.45, 2.75) is 12.8 Å². The molecule has 1 aliphatic rings. The zero-order valence-corrected chi connectivity index (χ0v) is 5.54. The summed E-state index contributed by atoms with van der Waals surface area (Å²) in [4.78, 5) is 20.3. The van der Waals surface area contributed by atoms with Crippen LogP contribution in [0, 0.1) is 0 Å². The summed E-state index contributed by atoms with van der Waals surface area (Å²) in [7, 11) is 0. The van der Waals surface area contributed by atoms with Crippen LogP contribution >= 0.6 is 0 Å². The third kappa shape index (κ3) is 1.41. The van der Waals surface area contributed by atoms with Crippen molar-refractivity contribution in [3.05, 3.63) is 23.3 Å². The lowest BCUT2D eigenvalue weighted by Crippen LogP contribution is -1.94. The van der Waals surface area contributed by atoms with Crippen molar-refractivity contribution in [1.29, 1.82) is 0 Å². The Morgan fingerprint density at radius 3 is 1.60 bits per heavy atom. The Balaban J connectivity index is 2.73. The second-order valence-electron chi connectivity index (χ2n) is 2.22. The summed E-state index contributed by atoms with van der Waals surface area (Å²) < 4.78 is 0. The molecule has 0 atom stereocenters. The van der Waals surface area contributed by atoms with Crippen LogP contribution in [0.3, 0.4) is 0 Å². The third-order valence-corrected chi connectivity index (χ3v) is 1.52. The molecular formula is C8H8O2. The first kappa shape index (κ1) is 6.93. The Morgan fingerprint density at radius 1 is 1.00 bits per heavy atom. The van der Waals surface area contributed by atoms with Gasteiger partial charge >= 0.3 is 0 Å². The van der Waals surface area contributed by atoms with Crippen LogP contribution < -0.4 is 0 Å². The topological polar surface area (TPSA) is 34.1 Å². The molecule has 0 spiro atoms. The lowest BCUT2D eigenvalue weighted by molar-refractivity contribution is -0.106. The molecule has 52 valence electrons. The minimum absolute atomic E-state index is 0.702. The van der Waals surface area contributed by atoms with Crippen molar-refractivity contribution in [1.82, 2.24) is 0 Å². The van der Waals surface area contributed by atoms with Gasteiger partial charge in [-0.1, -0.05) is 12.2 Å². The van der Waals surface area contributed by atoms with Crippen molar-refractivity contribution < 1.29 is 9.59 Å². The molecular weight excluding hydrogens is 128 g/mol. The molecule has 2 nitrogen and oxygen atoms in total. The molecule has 1 aliphatic carbocycles. The first-order chi connectivity index (χ1) is 4.86. The van der Waals surface area contributed by atoms with E-state index in [-0.39, 0.29) is 0 Å².